The van der Waals surface area contributed by atoms with Crippen molar-refractivity contribution in [2.75, 3.05) is 11.6 Å². The number of aromatic nitrogens is 3. The second-order valence-electron chi connectivity index (χ2n) is 2.77. The number of halogens is 4. The van der Waals surface area contributed by atoms with Crippen LogP contribution in [0.2, 0.25) is 0 Å². The molecule has 11 heteroatoms. The van der Waals surface area contributed by atoms with E-state index in [2.05, 4.69) is 5.10 Å². The van der Waals surface area contributed by atoms with Crippen molar-refractivity contribution in [1.82, 2.24) is 9.78 Å². The minimum Gasteiger partial charge on any atom is -0.418 e. The van der Waals surface area contributed by atoms with Crippen LogP contribution in [0.25, 0.3) is 0 Å². The largest absolute Gasteiger partial charge is 0.673 e. The smallest absolute Gasteiger partial charge is 0.418 e. The fourth-order valence-corrected chi connectivity index (χ4v) is 1.38. The molecule has 1 heterocycles. The van der Waals surface area contributed by atoms with E-state index in [0.717, 1.165) is 5.82 Å². The lowest BCUT2D eigenvalue weighted by Crippen LogP contribution is -2.47. The molecule has 17 heavy (non-hydrogen) atoms. The van der Waals surface area contributed by atoms with Gasteiger partial charge in [-0.1, -0.05) is 0 Å². The molecule has 0 atom stereocenters. The summed E-state index contributed by atoms with van der Waals surface area (Å²) >= 11 is 1.33. The first-order valence-corrected chi connectivity index (χ1v) is 5.23. The van der Waals surface area contributed by atoms with Crippen LogP contribution in [-0.2, 0) is 7.05 Å². The molecular formula is C6H10BF4N5S. The quantitative estimate of drug-likeness (QED) is 0.282. The molecule has 1 aromatic rings. The van der Waals surface area contributed by atoms with Crippen LogP contribution in [0.5, 0.6) is 0 Å². The molecule has 2 N–H and O–H groups in total. The van der Waals surface area contributed by atoms with E-state index in [1.807, 2.05) is 20.0 Å². The van der Waals surface area contributed by atoms with Crippen molar-refractivity contribution in [2.45, 2.75) is 12.1 Å². The maximum absolute atomic E-state index is 9.75. The number of nitrogen functional groups attached to an aromatic ring is 1. The predicted molar refractivity (Wildman–Crippen MR) is 54.8 cm³/mol. The van der Waals surface area contributed by atoms with Gasteiger partial charge >= 0.3 is 12.4 Å². The van der Waals surface area contributed by atoms with E-state index in [0.29, 0.717) is 10.9 Å². The summed E-state index contributed by atoms with van der Waals surface area (Å²) in [7, 11) is -4.19. The Morgan fingerprint density at radius 3 is 2.29 bits per heavy atom. The third-order valence-electron chi connectivity index (χ3n) is 1.52. The van der Waals surface area contributed by atoms with Gasteiger partial charge in [0.2, 0.25) is 0 Å². The number of hydrogen-bond acceptors (Lipinski definition) is 4. The topological polar surface area (TPSA) is 71.5 Å². The second-order valence-corrected chi connectivity index (χ2v) is 3.71. The molecule has 1 aromatic heterocycles. The zero-order valence-corrected chi connectivity index (χ0v) is 9.89. The van der Waals surface area contributed by atoms with Gasteiger partial charge in [-0.2, -0.15) is 5.26 Å². The van der Waals surface area contributed by atoms with Gasteiger partial charge in [-0.25, -0.2) is 0 Å². The van der Waals surface area contributed by atoms with Crippen LogP contribution in [0, 0.1) is 18.3 Å². The van der Waals surface area contributed by atoms with E-state index in [-0.39, 0.29) is 0 Å². The van der Waals surface area contributed by atoms with E-state index in [1.165, 1.54) is 16.4 Å². The van der Waals surface area contributed by atoms with Crippen LogP contribution in [-0.4, -0.2) is 22.8 Å². The fourth-order valence-electron chi connectivity index (χ4n) is 0.738. The van der Waals surface area contributed by atoms with E-state index in [4.69, 9.17) is 11.1 Å². The zero-order valence-electron chi connectivity index (χ0n) is 9.07. The second kappa shape index (κ2) is 6.34. The predicted octanol–water partition coefficient (Wildman–Crippen LogP) is 0.645. The summed E-state index contributed by atoms with van der Waals surface area (Å²) in [5.41, 5.74) is 0. The first kappa shape index (κ1) is 15.6. The summed E-state index contributed by atoms with van der Waals surface area (Å²) in [5, 5.41) is 13.1. The average molecular weight is 271 g/mol. The lowest BCUT2D eigenvalue weighted by atomic mass is 10.3. The molecule has 0 amide bonds. The van der Waals surface area contributed by atoms with Gasteiger partial charge in [-0.05, 0) is 11.8 Å². The van der Waals surface area contributed by atoms with Crippen molar-refractivity contribution in [1.29, 1.82) is 5.26 Å². The Morgan fingerprint density at radius 1 is 1.53 bits per heavy atom. The maximum atomic E-state index is 9.75. The van der Waals surface area contributed by atoms with E-state index in [9.17, 15) is 17.3 Å². The van der Waals surface area contributed by atoms with Crippen LogP contribution in [0.15, 0.2) is 5.16 Å². The normalized spacial score (nSPS) is 10.4. The van der Waals surface area contributed by atoms with Crippen molar-refractivity contribution in [3.05, 3.63) is 5.82 Å². The van der Waals surface area contributed by atoms with Crippen LogP contribution >= 0.6 is 11.8 Å². The molecule has 1 rings (SSSR count). The summed E-state index contributed by atoms with van der Waals surface area (Å²) < 4.78 is 42.2. The molecule has 0 saturated carbocycles. The van der Waals surface area contributed by atoms with Crippen LogP contribution in [0.3, 0.4) is 0 Å². The third-order valence-corrected chi connectivity index (χ3v) is 2.33. The molecular weight excluding hydrogens is 261 g/mol. The minimum absolute atomic E-state index is 0.369. The summed E-state index contributed by atoms with van der Waals surface area (Å²) in [6.45, 7) is 1.86. The average Bonchev–Trinajstić information content (AvgIpc) is 2.40. The van der Waals surface area contributed by atoms with Gasteiger partial charge < -0.3 is 17.3 Å². The Balaban J connectivity index is 0.000000437. The molecule has 0 bridgehead atoms. The number of aryl methyl sites for hydroxylation is 1. The highest BCUT2D eigenvalue weighted by atomic mass is 32.2. The highest BCUT2D eigenvalue weighted by molar-refractivity contribution is 7.99. The number of nitriles is 1. The standard InChI is InChI=1S/C6H10N5S.BF4/c1-5-10(2)9-6(11(5)8)12-4-3-7;2-1(3,4)5/h4,8H2,1-2H3;/q+1;-1. The molecule has 0 aliphatic rings. The summed E-state index contributed by atoms with van der Waals surface area (Å²) in [6, 6.07) is 2.02. The van der Waals surface area contributed by atoms with Crippen LogP contribution < -0.4 is 10.5 Å². The first-order chi connectivity index (χ1) is 7.66. The van der Waals surface area contributed by atoms with E-state index >= 15 is 0 Å². The SMILES string of the molecule is Cc1n(C)nc(SCC#N)[n+]1N.F[B-](F)(F)F. The van der Waals surface area contributed by atoms with Crippen molar-refractivity contribution in [3.63, 3.8) is 0 Å². The van der Waals surface area contributed by atoms with Crippen LogP contribution in [0.1, 0.15) is 5.82 Å². The van der Waals surface area contributed by atoms with Gasteiger partial charge in [0, 0.05) is 6.92 Å². The third kappa shape index (κ3) is 6.67. The fraction of sp³-hybridized carbons (Fsp3) is 0.500. The van der Waals surface area contributed by atoms with Crippen LogP contribution in [0.4, 0.5) is 17.3 Å². The monoisotopic (exact) mass is 271 g/mol. The molecule has 0 aliphatic carbocycles. The summed E-state index contributed by atoms with van der Waals surface area (Å²) in [6.07, 6.45) is 0. The summed E-state index contributed by atoms with van der Waals surface area (Å²) in [5.74, 6) is 6.87. The van der Waals surface area contributed by atoms with Gasteiger partial charge in [0.1, 0.15) is 0 Å². The Kier molecular flexibility index (Phi) is 5.80. The van der Waals surface area contributed by atoms with Crippen molar-refractivity contribution >= 4 is 19.0 Å². The molecule has 0 aromatic carbocycles. The molecule has 0 spiro atoms. The van der Waals surface area contributed by atoms with E-state index < -0.39 is 7.25 Å². The highest BCUT2D eigenvalue weighted by Crippen LogP contribution is 2.08. The van der Waals surface area contributed by atoms with Gasteiger partial charge in [0.15, 0.2) is 0 Å². The number of hydrogen-bond donors (Lipinski definition) is 1. The molecule has 0 fully saturated rings. The van der Waals surface area contributed by atoms with Crippen molar-refractivity contribution in [2.24, 2.45) is 7.05 Å². The van der Waals surface area contributed by atoms with Crippen molar-refractivity contribution < 1.29 is 21.9 Å². The Bertz CT molecular complexity index is 406. The number of thioether (sulfide) groups is 1. The highest BCUT2D eigenvalue weighted by Gasteiger charge is 2.20. The number of nitrogens with zero attached hydrogens (tertiary/aromatic N) is 4. The lowest BCUT2D eigenvalue weighted by Gasteiger charge is -1.94. The minimum atomic E-state index is -6.00. The molecule has 0 radical (unpaired) electrons. The molecule has 0 aliphatic heterocycles. The molecule has 96 valence electrons. The molecule has 0 saturated heterocycles. The number of rotatable bonds is 2. The molecule has 0 unspecified atom stereocenters. The maximum Gasteiger partial charge on any atom is 0.673 e. The molecule has 5 nitrogen and oxygen atoms in total. The summed E-state index contributed by atoms with van der Waals surface area (Å²) in [4.78, 5) is 0. The Hall–Kier alpha value is -1.44. The van der Waals surface area contributed by atoms with E-state index in [1.54, 1.807) is 4.68 Å². The lowest BCUT2D eigenvalue weighted by molar-refractivity contribution is -0.684. The number of nitrogens with two attached hydrogens (primary N) is 1. The van der Waals surface area contributed by atoms with Gasteiger partial charge in [0.05, 0.1) is 24.0 Å². The Morgan fingerprint density at radius 2 is 2.00 bits per heavy atom. The van der Waals surface area contributed by atoms with Gasteiger partial charge in [-0.3, -0.25) is 5.84 Å². The first-order valence-electron chi connectivity index (χ1n) is 4.24. The zero-order chi connectivity index (χ0) is 13.6. The van der Waals surface area contributed by atoms with Gasteiger partial charge in [0.25, 0.3) is 5.82 Å². The van der Waals surface area contributed by atoms with Crippen molar-refractivity contribution in [3.8, 4) is 6.07 Å². The Labute approximate surface area is 99.3 Å². The van der Waals surface area contributed by atoms with Gasteiger partial charge in [-0.15, -0.1) is 9.36 Å².